The van der Waals surface area contributed by atoms with Gasteiger partial charge in [0, 0.05) is 42.9 Å². The van der Waals surface area contributed by atoms with Gasteiger partial charge in [0.15, 0.2) is 5.82 Å². The lowest BCUT2D eigenvalue weighted by molar-refractivity contribution is 0.0532. The van der Waals surface area contributed by atoms with Crippen molar-refractivity contribution in [2.75, 3.05) is 32.1 Å². The number of amides is 1. The number of ether oxygens (including phenoxy) is 1. The molecule has 2 aromatic rings. The molecular formula is C16H19BrN4O2S. The van der Waals surface area contributed by atoms with Crippen molar-refractivity contribution in [1.29, 1.82) is 0 Å². The number of aromatic nitrogens is 2. The molecule has 1 atom stereocenters. The van der Waals surface area contributed by atoms with Crippen LogP contribution in [0.4, 0.5) is 5.82 Å². The van der Waals surface area contributed by atoms with Gasteiger partial charge in [0.2, 0.25) is 0 Å². The number of anilines is 1. The molecule has 2 aromatic heterocycles. The zero-order valence-electron chi connectivity index (χ0n) is 13.6. The average molecular weight is 411 g/mol. The van der Waals surface area contributed by atoms with Gasteiger partial charge in [-0.05, 0) is 34.8 Å². The van der Waals surface area contributed by atoms with E-state index in [1.54, 1.807) is 12.4 Å². The maximum Gasteiger partial charge on any atom is 0.264 e. The van der Waals surface area contributed by atoms with Gasteiger partial charge in [-0.3, -0.25) is 4.79 Å². The quantitative estimate of drug-likeness (QED) is 0.774. The molecule has 1 saturated heterocycles. The average Bonchev–Trinajstić information content (AvgIpc) is 3.01. The van der Waals surface area contributed by atoms with Gasteiger partial charge in [0.05, 0.1) is 11.4 Å². The predicted octanol–water partition coefficient (Wildman–Crippen LogP) is 3.05. The molecule has 0 N–H and O–H groups in total. The van der Waals surface area contributed by atoms with Gasteiger partial charge < -0.3 is 14.5 Å². The van der Waals surface area contributed by atoms with Crippen molar-refractivity contribution >= 4 is 39.0 Å². The van der Waals surface area contributed by atoms with Crippen molar-refractivity contribution < 1.29 is 9.53 Å². The molecular weight excluding hydrogens is 392 g/mol. The van der Waals surface area contributed by atoms with Gasteiger partial charge in [-0.1, -0.05) is 0 Å². The lowest BCUT2D eigenvalue weighted by Gasteiger charge is -2.32. The Morgan fingerprint density at radius 3 is 2.92 bits per heavy atom. The van der Waals surface area contributed by atoms with Gasteiger partial charge in [-0.25, -0.2) is 9.97 Å². The van der Waals surface area contributed by atoms with E-state index in [0.717, 1.165) is 28.7 Å². The molecule has 1 amide bonds. The molecule has 3 heterocycles. The zero-order chi connectivity index (χ0) is 17.1. The number of thiophene rings is 1. The smallest absolute Gasteiger partial charge is 0.264 e. The summed E-state index contributed by atoms with van der Waals surface area (Å²) in [6.07, 6.45) is 5.02. The third kappa shape index (κ3) is 3.87. The number of hydrogen-bond acceptors (Lipinski definition) is 6. The summed E-state index contributed by atoms with van der Waals surface area (Å²) < 4.78 is 6.99. The molecule has 0 spiro atoms. The number of carbonyl (C=O) groups excluding carboxylic acids is 1. The Morgan fingerprint density at radius 1 is 1.42 bits per heavy atom. The van der Waals surface area contributed by atoms with Crippen LogP contribution in [0.25, 0.3) is 0 Å². The minimum absolute atomic E-state index is 0.0611. The van der Waals surface area contributed by atoms with Crippen molar-refractivity contribution in [1.82, 2.24) is 14.9 Å². The number of rotatable bonds is 4. The number of likely N-dealkylation sites (tertiary alicyclic amines) is 1. The highest BCUT2D eigenvalue weighted by Gasteiger charge is 2.27. The summed E-state index contributed by atoms with van der Waals surface area (Å²) in [5, 5.41) is 1.92. The first-order chi connectivity index (χ1) is 11.5. The molecule has 128 valence electrons. The summed E-state index contributed by atoms with van der Waals surface area (Å²) in [6.45, 7) is 1.33. The number of hydrogen-bond donors (Lipinski definition) is 0. The van der Waals surface area contributed by atoms with Crippen LogP contribution >= 0.6 is 27.3 Å². The van der Waals surface area contributed by atoms with Gasteiger partial charge in [0.25, 0.3) is 11.8 Å². The highest BCUT2D eigenvalue weighted by Crippen LogP contribution is 2.26. The van der Waals surface area contributed by atoms with E-state index in [-0.39, 0.29) is 12.0 Å². The zero-order valence-corrected chi connectivity index (χ0v) is 16.0. The number of halogens is 1. The van der Waals surface area contributed by atoms with E-state index in [2.05, 4.69) is 25.9 Å². The number of carbonyl (C=O) groups is 1. The fraction of sp³-hybridized carbons (Fsp3) is 0.438. The molecule has 8 heteroatoms. The van der Waals surface area contributed by atoms with Crippen LogP contribution < -0.4 is 9.64 Å². The maximum atomic E-state index is 12.6. The van der Waals surface area contributed by atoms with Gasteiger partial charge in [0.1, 0.15) is 6.10 Å². The Hall–Kier alpha value is -1.67. The van der Waals surface area contributed by atoms with Crippen molar-refractivity contribution in [2.24, 2.45) is 0 Å². The van der Waals surface area contributed by atoms with E-state index in [1.165, 1.54) is 11.3 Å². The maximum absolute atomic E-state index is 12.6. The minimum Gasteiger partial charge on any atom is -0.470 e. The highest BCUT2D eigenvalue weighted by molar-refractivity contribution is 9.10. The van der Waals surface area contributed by atoms with Crippen molar-refractivity contribution in [2.45, 2.75) is 18.9 Å². The first kappa shape index (κ1) is 17.2. The standard InChI is InChI=1S/C16H19BrN4O2S/c1-20(2)14-15(19-6-5-18-14)23-12-4-3-7-21(9-12)16(22)13-8-11(17)10-24-13/h5-6,8,10,12H,3-4,7,9H2,1-2H3. The summed E-state index contributed by atoms with van der Waals surface area (Å²) in [6, 6.07) is 1.87. The van der Waals surface area contributed by atoms with E-state index in [4.69, 9.17) is 4.74 Å². The molecule has 0 bridgehead atoms. The summed E-state index contributed by atoms with van der Waals surface area (Å²) >= 11 is 4.85. The third-order valence-electron chi connectivity index (χ3n) is 3.79. The first-order valence-corrected chi connectivity index (χ1v) is 9.40. The third-order valence-corrected chi connectivity index (χ3v) is 5.47. The summed E-state index contributed by atoms with van der Waals surface area (Å²) in [5.74, 6) is 1.27. The summed E-state index contributed by atoms with van der Waals surface area (Å²) in [4.78, 5) is 25.7. The Morgan fingerprint density at radius 2 is 2.21 bits per heavy atom. The normalized spacial score (nSPS) is 17.6. The monoisotopic (exact) mass is 410 g/mol. The molecule has 1 aliphatic heterocycles. The molecule has 6 nitrogen and oxygen atoms in total. The molecule has 0 saturated carbocycles. The van der Waals surface area contributed by atoms with E-state index in [1.807, 2.05) is 35.3 Å². The van der Waals surface area contributed by atoms with Crippen LogP contribution in [-0.4, -0.2) is 54.1 Å². The van der Waals surface area contributed by atoms with E-state index in [0.29, 0.717) is 18.2 Å². The van der Waals surface area contributed by atoms with Gasteiger partial charge in [-0.2, -0.15) is 0 Å². The fourth-order valence-electron chi connectivity index (χ4n) is 2.67. The minimum atomic E-state index is -0.0681. The lowest BCUT2D eigenvalue weighted by Crippen LogP contribution is -2.44. The highest BCUT2D eigenvalue weighted by atomic mass is 79.9. The topological polar surface area (TPSA) is 58.6 Å². The summed E-state index contributed by atoms with van der Waals surface area (Å²) in [5.41, 5.74) is 0. The fourth-order valence-corrected chi connectivity index (χ4v) is 4.06. The Kier molecular flexibility index (Phi) is 5.35. The van der Waals surface area contributed by atoms with Crippen molar-refractivity contribution in [3.8, 4) is 5.88 Å². The Labute approximate surface area is 153 Å². The van der Waals surface area contributed by atoms with Crippen LogP contribution in [0.2, 0.25) is 0 Å². The second-order valence-electron chi connectivity index (χ2n) is 5.84. The van der Waals surface area contributed by atoms with Crippen LogP contribution in [0.5, 0.6) is 5.88 Å². The molecule has 1 fully saturated rings. The molecule has 0 aromatic carbocycles. The van der Waals surface area contributed by atoms with E-state index in [9.17, 15) is 4.79 Å². The van der Waals surface area contributed by atoms with Crippen LogP contribution in [0.15, 0.2) is 28.3 Å². The van der Waals surface area contributed by atoms with Crippen LogP contribution in [0.1, 0.15) is 22.5 Å². The molecule has 24 heavy (non-hydrogen) atoms. The Balaban J connectivity index is 1.69. The molecule has 1 unspecified atom stereocenters. The molecule has 0 aliphatic carbocycles. The van der Waals surface area contributed by atoms with E-state index >= 15 is 0 Å². The van der Waals surface area contributed by atoms with Crippen molar-refractivity contribution in [3.63, 3.8) is 0 Å². The first-order valence-electron chi connectivity index (χ1n) is 7.73. The van der Waals surface area contributed by atoms with Crippen LogP contribution in [-0.2, 0) is 0 Å². The second kappa shape index (κ2) is 7.48. The molecule has 0 radical (unpaired) electrons. The molecule has 1 aliphatic rings. The summed E-state index contributed by atoms with van der Waals surface area (Å²) in [7, 11) is 3.81. The SMILES string of the molecule is CN(C)c1nccnc1OC1CCCN(C(=O)c2cc(Br)cs2)C1. The van der Waals surface area contributed by atoms with E-state index < -0.39 is 0 Å². The predicted molar refractivity (Wildman–Crippen MR) is 97.9 cm³/mol. The van der Waals surface area contributed by atoms with Gasteiger partial charge >= 0.3 is 0 Å². The largest absolute Gasteiger partial charge is 0.470 e. The number of piperidine rings is 1. The van der Waals surface area contributed by atoms with Crippen LogP contribution in [0, 0.1) is 0 Å². The lowest BCUT2D eigenvalue weighted by atomic mass is 10.1. The number of nitrogens with zero attached hydrogens (tertiary/aromatic N) is 4. The second-order valence-corrected chi connectivity index (χ2v) is 7.67. The Bertz CT molecular complexity index is 722. The van der Waals surface area contributed by atoms with Gasteiger partial charge in [-0.15, -0.1) is 11.3 Å². The molecule has 3 rings (SSSR count). The van der Waals surface area contributed by atoms with Crippen LogP contribution in [0.3, 0.4) is 0 Å². The van der Waals surface area contributed by atoms with Crippen molar-refractivity contribution in [3.05, 3.63) is 33.2 Å².